The Morgan fingerprint density at radius 2 is 1.79 bits per heavy atom. The number of benzene rings is 2. The van der Waals surface area contributed by atoms with E-state index in [0.29, 0.717) is 11.0 Å². The van der Waals surface area contributed by atoms with Crippen LogP contribution in [0.15, 0.2) is 36.4 Å². The fraction of sp³-hybridized carbons (Fsp3) is 0.0667. The molecule has 1 amide bonds. The molecule has 122 valence electrons. The molecular formula is C15H8F3N3O3. The largest absolute Gasteiger partial charge is 0.586 e. The molecule has 0 atom stereocenters. The summed E-state index contributed by atoms with van der Waals surface area (Å²) in [4.78, 5) is 18.9. The Morgan fingerprint density at radius 3 is 2.50 bits per heavy atom. The summed E-state index contributed by atoms with van der Waals surface area (Å²) in [6.07, 6.45) is -3.71. The van der Waals surface area contributed by atoms with Crippen molar-refractivity contribution in [1.82, 2.24) is 9.97 Å². The quantitative estimate of drug-likeness (QED) is 0.754. The maximum atomic E-state index is 13.0. The summed E-state index contributed by atoms with van der Waals surface area (Å²) in [5.74, 6) is -1.13. The summed E-state index contributed by atoms with van der Waals surface area (Å²) in [5.41, 5.74) is 0.930. The normalized spacial score (nSPS) is 14.8. The monoisotopic (exact) mass is 335 g/mol. The van der Waals surface area contributed by atoms with E-state index in [9.17, 15) is 18.0 Å². The first kappa shape index (κ1) is 14.4. The van der Waals surface area contributed by atoms with Crippen molar-refractivity contribution >= 4 is 22.9 Å². The zero-order valence-electron chi connectivity index (χ0n) is 11.8. The molecule has 2 aromatic carbocycles. The number of rotatable bonds is 2. The number of carbonyl (C=O) groups excluding carboxylic acids is 1. The number of nitrogens with one attached hydrogen (secondary N) is 2. The smallest absolute Gasteiger partial charge is 0.395 e. The number of halogens is 3. The van der Waals surface area contributed by atoms with Crippen LogP contribution >= 0.6 is 0 Å². The second-order valence-corrected chi connectivity index (χ2v) is 5.03. The molecule has 2 N–H and O–H groups in total. The average molecular weight is 335 g/mol. The molecule has 3 aromatic rings. The SMILES string of the molecule is O=C(Nc1nc2cc3c(cc2[nH]1)OC(F)(F)O3)c1ccc(F)cc1. The third kappa shape index (κ3) is 2.49. The third-order valence-corrected chi connectivity index (χ3v) is 3.34. The second kappa shape index (κ2) is 4.88. The molecule has 0 bridgehead atoms. The topological polar surface area (TPSA) is 76.2 Å². The number of H-pyrrole nitrogens is 1. The van der Waals surface area contributed by atoms with E-state index in [1.54, 1.807) is 0 Å². The highest BCUT2D eigenvalue weighted by Gasteiger charge is 2.43. The molecule has 6 nitrogen and oxygen atoms in total. The molecule has 1 aliphatic heterocycles. The van der Waals surface area contributed by atoms with E-state index < -0.39 is 18.0 Å². The number of aromatic nitrogens is 2. The Bertz CT molecular complexity index is 909. The molecule has 4 rings (SSSR count). The molecule has 0 fully saturated rings. The number of amides is 1. The van der Waals surface area contributed by atoms with E-state index in [2.05, 4.69) is 24.8 Å². The van der Waals surface area contributed by atoms with Crippen LogP contribution in [0.4, 0.5) is 19.1 Å². The summed E-state index contributed by atoms with van der Waals surface area (Å²) in [5, 5.41) is 2.50. The molecular weight excluding hydrogens is 327 g/mol. The summed E-state index contributed by atoms with van der Waals surface area (Å²) in [6.45, 7) is 0. The number of nitrogens with zero attached hydrogens (tertiary/aromatic N) is 1. The van der Waals surface area contributed by atoms with E-state index in [0.717, 1.165) is 12.1 Å². The maximum Gasteiger partial charge on any atom is 0.586 e. The van der Waals surface area contributed by atoms with Crippen LogP contribution in [0.25, 0.3) is 11.0 Å². The second-order valence-electron chi connectivity index (χ2n) is 5.03. The lowest BCUT2D eigenvalue weighted by Gasteiger charge is -2.04. The summed E-state index contributed by atoms with van der Waals surface area (Å²) < 4.78 is 47.6. The van der Waals surface area contributed by atoms with Crippen molar-refractivity contribution in [2.75, 3.05) is 5.32 Å². The summed E-state index contributed by atoms with van der Waals surface area (Å²) >= 11 is 0. The highest BCUT2D eigenvalue weighted by Crippen LogP contribution is 2.42. The van der Waals surface area contributed by atoms with Gasteiger partial charge in [-0.05, 0) is 24.3 Å². The van der Waals surface area contributed by atoms with E-state index >= 15 is 0 Å². The van der Waals surface area contributed by atoms with Crippen LogP contribution < -0.4 is 14.8 Å². The van der Waals surface area contributed by atoms with Gasteiger partial charge in [-0.2, -0.15) is 0 Å². The van der Waals surface area contributed by atoms with Crippen LogP contribution in [0.5, 0.6) is 11.5 Å². The maximum absolute atomic E-state index is 13.0. The minimum absolute atomic E-state index is 0.106. The Labute approximate surface area is 132 Å². The van der Waals surface area contributed by atoms with Crippen LogP contribution in [0, 0.1) is 5.82 Å². The third-order valence-electron chi connectivity index (χ3n) is 3.34. The lowest BCUT2D eigenvalue weighted by molar-refractivity contribution is -0.286. The molecule has 9 heteroatoms. The number of imidazole rings is 1. The van der Waals surface area contributed by atoms with E-state index in [4.69, 9.17) is 0 Å². The Morgan fingerprint density at radius 1 is 1.12 bits per heavy atom. The molecule has 0 unspecified atom stereocenters. The van der Waals surface area contributed by atoms with Gasteiger partial charge in [0.2, 0.25) is 5.95 Å². The Kier molecular flexibility index (Phi) is 2.92. The lowest BCUT2D eigenvalue weighted by Crippen LogP contribution is -2.25. The van der Waals surface area contributed by atoms with Gasteiger partial charge in [0, 0.05) is 17.7 Å². The molecule has 1 aliphatic rings. The van der Waals surface area contributed by atoms with Crippen molar-refractivity contribution in [1.29, 1.82) is 0 Å². The number of hydrogen-bond acceptors (Lipinski definition) is 4. The number of aromatic amines is 1. The van der Waals surface area contributed by atoms with Gasteiger partial charge in [0.1, 0.15) is 5.82 Å². The Balaban J connectivity index is 1.60. The van der Waals surface area contributed by atoms with Crippen molar-refractivity contribution in [3.05, 3.63) is 47.8 Å². The number of carbonyl (C=O) groups is 1. The molecule has 0 aliphatic carbocycles. The zero-order chi connectivity index (χ0) is 16.9. The summed E-state index contributed by atoms with van der Waals surface area (Å²) in [7, 11) is 0. The number of alkyl halides is 2. The van der Waals surface area contributed by atoms with Gasteiger partial charge >= 0.3 is 6.29 Å². The van der Waals surface area contributed by atoms with E-state index in [1.807, 2.05) is 0 Å². The van der Waals surface area contributed by atoms with Crippen LogP contribution in [0.1, 0.15) is 10.4 Å². The number of ether oxygens (including phenoxy) is 2. The molecule has 0 radical (unpaired) electrons. The van der Waals surface area contributed by atoms with E-state index in [-0.39, 0.29) is 23.0 Å². The summed E-state index contributed by atoms with van der Waals surface area (Å²) in [6, 6.07) is 7.54. The first-order valence-electron chi connectivity index (χ1n) is 6.76. The van der Waals surface area contributed by atoms with Crippen LogP contribution in [0.3, 0.4) is 0 Å². The van der Waals surface area contributed by atoms with Gasteiger partial charge < -0.3 is 14.5 Å². The van der Waals surface area contributed by atoms with Crippen molar-refractivity contribution in [2.24, 2.45) is 0 Å². The van der Waals surface area contributed by atoms with Gasteiger partial charge in [-0.3, -0.25) is 10.1 Å². The van der Waals surface area contributed by atoms with Gasteiger partial charge in [-0.1, -0.05) is 0 Å². The van der Waals surface area contributed by atoms with Crippen molar-refractivity contribution in [3.8, 4) is 11.5 Å². The predicted octanol–water partition coefficient (Wildman–Crippen LogP) is 3.28. The van der Waals surface area contributed by atoms with Crippen molar-refractivity contribution < 1.29 is 27.4 Å². The van der Waals surface area contributed by atoms with Gasteiger partial charge in [0.25, 0.3) is 5.91 Å². The minimum Gasteiger partial charge on any atom is -0.395 e. The van der Waals surface area contributed by atoms with Crippen molar-refractivity contribution in [2.45, 2.75) is 6.29 Å². The Hall–Kier alpha value is -3.23. The van der Waals surface area contributed by atoms with Gasteiger partial charge in [0.15, 0.2) is 11.5 Å². The van der Waals surface area contributed by atoms with Gasteiger partial charge in [-0.25, -0.2) is 9.37 Å². The highest BCUT2D eigenvalue weighted by atomic mass is 19.3. The molecule has 2 heterocycles. The fourth-order valence-electron chi connectivity index (χ4n) is 2.29. The minimum atomic E-state index is -3.71. The molecule has 0 saturated carbocycles. The molecule has 1 aromatic heterocycles. The average Bonchev–Trinajstić information content (AvgIpc) is 3.01. The number of hydrogen-bond donors (Lipinski definition) is 2. The predicted molar refractivity (Wildman–Crippen MR) is 76.6 cm³/mol. The van der Waals surface area contributed by atoms with Gasteiger partial charge in [0.05, 0.1) is 11.0 Å². The van der Waals surface area contributed by atoms with Gasteiger partial charge in [-0.15, -0.1) is 8.78 Å². The van der Waals surface area contributed by atoms with E-state index in [1.165, 1.54) is 24.3 Å². The first-order valence-corrected chi connectivity index (χ1v) is 6.76. The fourth-order valence-corrected chi connectivity index (χ4v) is 2.29. The molecule has 0 spiro atoms. The highest BCUT2D eigenvalue weighted by molar-refractivity contribution is 6.04. The zero-order valence-corrected chi connectivity index (χ0v) is 11.8. The van der Waals surface area contributed by atoms with Crippen LogP contribution in [0.2, 0.25) is 0 Å². The van der Waals surface area contributed by atoms with Crippen molar-refractivity contribution in [3.63, 3.8) is 0 Å². The number of anilines is 1. The standard InChI is InChI=1S/C15H8F3N3O3/c16-8-3-1-7(2-4-8)13(22)21-14-19-9-5-11-12(6-10(9)20-14)24-15(17,18)23-11/h1-6H,(H2,19,20,21,22). The lowest BCUT2D eigenvalue weighted by atomic mass is 10.2. The molecule has 0 saturated heterocycles. The number of fused-ring (bicyclic) bond motifs is 2. The van der Waals surface area contributed by atoms with Crippen LogP contribution in [-0.2, 0) is 0 Å². The van der Waals surface area contributed by atoms with Crippen LogP contribution in [-0.4, -0.2) is 22.2 Å². The molecule has 24 heavy (non-hydrogen) atoms. The first-order chi connectivity index (χ1) is 11.4.